The van der Waals surface area contributed by atoms with Crippen LogP contribution in [0.1, 0.15) is 64.2 Å². The highest BCUT2D eigenvalue weighted by molar-refractivity contribution is 5.74. The molecule has 2 aliphatic carbocycles. The Morgan fingerprint density at radius 2 is 1.50 bits per heavy atom. The summed E-state index contributed by atoms with van der Waals surface area (Å²) in [5.74, 6) is -0.122. The van der Waals surface area contributed by atoms with Gasteiger partial charge in [-0.1, -0.05) is 32.1 Å². The number of rotatable bonds is 5. The summed E-state index contributed by atoms with van der Waals surface area (Å²) in [6.45, 7) is -0.0781. The monoisotopic (exact) mass is 284 g/mol. The summed E-state index contributed by atoms with van der Waals surface area (Å²) < 4.78 is 0. The molecule has 0 aromatic heterocycles. The van der Waals surface area contributed by atoms with Crippen LogP contribution in [0.3, 0.4) is 0 Å². The topological polar surface area (TPSA) is 77.8 Å². The van der Waals surface area contributed by atoms with Gasteiger partial charge in [-0.15, -0.1) is 0 Å². The summed E-state index contributed by atoms with van der Waals surface area (Å²) in [6.07, 6.45) is 9.32. The lowest BCUT2D eigenvalue weighted by Gasteiger charge is -2.44. The molecule has 2 saturated carbocycles. The third-order valence-corrected chi connectivity index (χ3v) is 5.80. The number of aliphatic carboxylic acids is 1. The van der Waals surface area contributed by atoms with Crippen molar-refractivity contribution in [1.82, 2.24) is 0 Å². The first kappa shape index (κ1) is 15.8. The third-order valence-electron chi connectivity index (χ3n) is 5.80. The van der Waals surface area contributed by atoms with Crippen LogP contribution < -0.4 is 0 Å². The minimum atomic E-state index is -0.674. The van der Waals surface area contributed by atoms with Crippen molar-refractivity contribution in [2.45, 2.75) is 64.2 Å². The van der Waals surface area contributed by atoms with E-state index < -0.39 is 16.8 Å². The van der Waals surface area contributed by atoms with Gasteiger partial charge in [-0.25, -0.2) is 0 Å². The van der Waals surface area contributed by atoms with E-state index in [-0.39, 0.29) is 13.2 Å². The molecule has 4 nitrogen and oxygen atoms in total. The van der Waals surface area contributed by atoms with Crippen molar-refractivity contribution >= 4 is 5.97 Å². The summed E-state index contributed by atoms with van der Waals surface area (Å²) in [7, 11) is 0. The minimum Gasteiger partial charge on any atom is -0.481 e. The van der Waals surface area contributed by atoms with Crippen LogP contribution in [-0.4, -0.2) is 34.5 Å². The molecular weight excluding hydrogens is 256 g/mol. The van der Waals surface area contributed by atoms with Crippen molar-refractivity contribution in [3.63, 3.8) is 0 Å². The van der Waals surface area contributed by atoms with E-state index in [0.717, 1.165) is 6.42 Å². The zero-order chi connectivity index (χ0) is 14.6. The summed E-state index contributed by atoms with van der Waals surface area (Å²) in [4.78, 5) is 11.8. The minimum absolute atomic E-state index is 0.0391. The maximum atomic E-state index is 11.8. The number of carbonyl (C=O) groups is 1. The summed E-state index contributed by atoms with van der Waals surface area (Å²) in [6, 6.07) is 0. The van der Waals surface area contributed by atoms with Gasteiger partial charge >= 0.3 is 5.97 Å². The van der Waals surface area contributed by atoms with E-state index in [9.17, 15) is 20.1 Å². The van der Waals surface area contributed by atoms with Gasteiger partial charge in [0.2, 0.25) is 0 Å². The van der Waals surface area contributed by atoms with Gasteiger partial charge in [0.25, 0.3) is 0 Å². The fourth-order valence-corrected chi connectivity index (χ4v) is 4.07. The van der Waals surface area contributed by atoms with Crippen molar-refractivity contribution in [3.05, 3.63) is 0 Å². The lowest BCUT2D eigenvalue weighted by atomic mass is 9.60. The first-order valence-corrected chi connectivity index (χ1v) is 8.01. The predicted octanol–water partition coefficient (Wildman–Crippen LogP) is 2.57. The Labute approximate surface area is 121 Å². The Bertz CT molecular complexity index is 319. The normalized spacial score (nSPS) is 26.3. The second-order valence-corrected chi connectivity index (χ2v) is 7.11. The third kappa shape index (κ3) is 3.17. The van der Waals surface area contributed by atoms with Gasteiger partial charge in [0.15, 0.2) is 0 Å². The lowest BCUT2D eigenvalue weighted by molar-refractivity contribution is -0.156. The van der Waals surface area contributed by atoms with Crippen LogP contribution in [0.2, 0.25) is 0 Å². The molecule has 2 aliphatic rings. The standard InChI is InChI=1S/C16H28O4/c17-11-15(12-18)6-8-16(9-7-15,14(19)20)10-13-4-2-1-3-5-13/h13,17-18H,1-12H2,(H,19,20). The van der Waals surface area contributed by atoms with E-state index in [1.807, 2.05) is 0 Å². The quantitative estimate of drug-likeness (QED) is 0.725. The van der Waals surface area contributed by atoms with Crippen LogP contribution in [0.15, 0.2) is 0 Å². The molecule has 0 aliphatic heterocycles. The fourth-order valence-electron chi connectivity index (χ4n) is 4.07. The van der Waals surface area contributed by atoms with Gasteiger partial charge in [-0.3, -0.25) is 4.79 Å². The van der Waals surface area contributed by atoms with Crippen LogP contribution in [0.5, 0.6) is 0 Å². The number of aliphatic hydroxyl groups is 2. The number of aliphatic hydroxyl groups excluding tert-OH is 2. The highest BCUT2D eigenvalue weighted by Crippen LogP contribution is 2.50. The zero-order valence-corrected chi connectivity index (χ0v) is 12.3. The smallest absolute Gasteiger partial charge is 0.309 e. The maximum Gasteiger partial charge on any atom is 0.309 e. The molecule has 0 atom stereocenters. The van der Waals surface area contributed by atoms with E-state index in [1.54, 1.807) is 0 Å². The second-order valence-electron chi connectivity index (χ2n) is 7.11. The average molecular weight is 284 g/mol. The SMILES string of the molecule is O=C(O)C1(CC2CCCCC2)CCC(CO)(CO)CC1. The van der Waals surface area contributed by atoms with E-state index in [1.165, 1.54) is 32.1 Å². The maximum absolute atomic E-state index is 11.8. The van der Waals surface area contributed by atoms with E-state index in [0.29, 0.717) is 31.6 Å². The Morgan fingerprint density at radius 3 is 1.95 bits per heavy atom. The number of hydrogen-bond donors (Lipinski definition) is 3. The molecule has 0 radical (unpaired) electrons. The van der Waals surface area contributed by atoms with Crippen LogP contribution >= 0.6 is 0 Å². The van der Waals surface area contributed by atoms with Crippen LogP contribution in [0.4, 0.5) is 0 Å². The molecule has 3 N–H and O–H groups in total. The van der Waals surface area contributed by atoms with Gasteiger partial charge in [0.1, 0.15) is 0 Å². The molecule has 0 aromatic rings. The molecule has 0 heterocycles. The van der Waals surface area contributed by atoms with Gasteiger partial charge in [-0.05, 0) is 38.0 Å². The molecule has 2 rings (SSSR count). The first-order chi connectivity index (χ1) is 9.56. The lowest BCUT2D eigenvalue weighted by Crippen LogP contribution is -2.44. The molecular formula is C16H28O4. The molecule has 116 valence electrons. The van der Waals surface area contributed by atoms with Gasteiger partial charge in [-0.2, -0.15) is 0 Å². The van der Waals surface area contributed by atoms with E-state index in [4.69, 9.17) is 0 Å². The van der Waals surface area contributed by atoms with Gasteiger partial charge < -0.3 is 15.3 Å². The van der Waals surface area contributed by atoms with Crippen LogP contribution in [0.25, 0.3) is 0 Å². The van der Waals surface area contributed by atoms with Crippen molar-refractivity contribution in [1.29, 1.82) is 0 Å². The summed E-state index contributed by atoms with van der Waals surface area (Å²) in [5.41, 5.74) is -1.07. The molecule has 20 heavy (non-hydrogen) atoms. The summed E-state index contributed by atoms with van der Waals surface area (Å²) >= 11 is 0. The Morgan fingerprint density at radius 1 is 0.950 bits per heavy atom. The highest BCUT2D eigenvalue weighted by Gasteiger charge is 2.47. The molecule has 0 saturated heterocycles. The number of carboxylic acid groups (broad SMARTS) is 1. The highest BCUT2D eigenvalue weighted by atomic mass is 16.4. The Hall–Kier alpha value is -0.610. The Balaban J connectivity index is 2.02. The van der Waals surface area contributed by atoms with E-state index in [2.05, 4.69) is 0 Å². The van der Waals surface area contributed by atoms with Gasteiger partial charge in [0.05, 0.1) is 18.6 Å². The van der Waals surface area contributed by atoms with Gasteiger partial charge in [0, 0.05) is 5.41 Å². The first-order valence-electron chi connectivity index (χ1n) is 8.01. The molecule has 2 fully saturated rings. The van der Waals surface area contributed by atoms with Crippen LogP contribution in [0, 0.1) is 16.7 Å². The fraction of sp³-hybridized carbons (Fsp3) is 0.938. The molecule has 0 unspecified atom stereocenters. The van der Waals surface area contributed by atoms with E-state index >= 15 is 0 Å². The summed E-state index contributed by atoms with van der Waals surface area (Å²) in [5, 5.41) is 28.6. The predicted molar refractivity (Wildman–Crippen MR) is 76.3 cm³/mol. The zero-order valence-electron chi connectivity index (χ0n) is 12.3. The average Bonchev–Trinajstić information content (AvgIpc) is 2.49. The molecule has 4 heteroatoms. The van der Waals surface area contributed by atoms with Crippen molar-refractivity contribution in [3.8, 4) is 0 Å². The molecule has 0 amide bonds. The van der Waals surface area contributed by atoms with Crippen LogP contribution in [-0.2, 0) is 4.79 Å². The van der Waals surface area contributed by atoms with Crippen molar-refractivity contribution in [2.75, 3.05) is 13.2 Å². The molecule has 0 aromatic carbocycles. The largest absolute Gasteiger partial charge is 0.481 e. The molecule has 0 spiro atoms. The Kier molecular flexibility index (Phi) is 5.08. The van der Waals surface area contributed by atoms with Crippen molar-refractivity contribution < 1.29 is 20.1 Å². The van der Waals surface area contributed by atoms with Crippen molar-refractivity contribution in [2.24, 2.45) is 16.7 Å². The number of hydrogen-bond acceptors (Lipinski definition) is 3. The molecule has 0 bridgehead atoms. The number of carboxylic acids is 1. The second kappa shape index (κ2) is 6.44.